The molecule has 0 aliphatic rings. The van der Waals surface area contributed by atoms with Gasteiger partial charge in [-0.15, -0.1) is 0 Å². The molecule has 0 aliphatic heterocycles. The Morgan fingerprint density at radius 2 is 1.68 bits per heavy atom. The van der Waals surface area contributed by atoms with Crippen molar-refractivity contribution in [2.24, 2.45) is 0 Å². The Labute approximate surface area is 137 Å². The normalized spacial score (nSPS) is 13.0. The quantitative estimate of drug-likeness (QED) is 0.361. The van der Waals surface area contributed by atoms with E-state index >= 15 is 0 Å². The molecule has 22 heavy (non-hydrogen) atoms. The Hall–Kier alpha value is -2.00. The molecule has 0 aromatic heterocycles. The van der Waals surface area contributed by atoms with E-state index in [0.717, 1.165) is 21.6 Å². The zero-order valence-corrected chi connectivity index (χ0v) is 13.9. The molecule has 116 valence electrons. The SMILES string of the molecule is CC(Cc1ccc(Cl)cc1)/[N+]([O-])=C\c1ccc(N(C)C)cc1. The second-order valence-corrected chi connectivity index (χ2v) is 6.09. The molecular formula is C18H21ClN2O. The summed E-state index contributed by atoms with van der Waals surface area (Å²) in [4.78, 5) is 2.03. The van der Waals surface area contributed by atoms with Crippen molar-refractivity contribution in [1.82, 2.24) is 0 Å². The molecule has 0 fully saturated rings. The van der Waals surface area contributed by atoms with Crippen molar-refractivity contribution in [3.63, 3.8) is 0 Å². The second-order valence-electron chi connectivity index (χ2n) is 5.65. The average Bonchev–Trinajstić information content (AvgIpc) is 2.50. The monoisotopic (exact) mass is 316 g/mol. The summed E-state index contributed by atoms with van der Waals surface area (Å²) < 4.78 is 1.01. The number of hydrogen-bond acceptors (Lipinski definition) is 2. The van der Waals surface area contributed by atoms with E-state index in [1.165, 1.54) is 0 Å². The second kappa shape index (κ2) is 7.32. The maximum Gasteiger partial charge on any atom is 0.182 e. The fraction of sp³-hybridized carbons (Fsp3) is 0.278. The first-order chi connectivity index (χ1) is 10.5. The summed E-state index contributed by atoms with van der Waals surface area (Å²) in [6.07, 6.45) is 2.33. The zero-order valence-electron chi connectivity index (χ0n) is 13.2. The Morgan fingerprint density at radius 1 is 1.09 bits per heavy atom. The predicted octanol–water partition coefficient (Wildman–Crippen LogP) is 3.97. The van der Waals surface area contributed by atoms with E-state index in [1.54, 1.807) is 6.21 Å². The Morgan fingerprint density at radius 3 is 2.23 bits per heavy atom. The summed E-state index contributed by atoms with van der Waals surface area (Å²) in [5.74, 6) is 0. The first-order valence-electron chi connectivity index (χ1n) is 7.28. The van der Waals surface area contributed by atoms with Crippen molar-refractivity contribution in [2.75, 3.05) is 19.0 Å². The van der Waals surface area contributed by atoms with Crippen LogP contribution < -0.4 is 4.90 Å². The van der Waals surface area contributed by atoms with Gasteiger partial charge in [-0.3, -0.25) is 0 Å². The van der Waals surface area contributed by atoms with Crippen molar-refractivity contribution in [3.8, 4) is 0 Å². The molecule has 2 rings (SSSR count). The summed E-state index contributed by atoms with van der Waals surface area (Å²) in [6, 6.07) is 15.4. The van der Waals surface area contributed by atoms with Crippen molar-refractivity contribution in [2.45, 2.75) is 19.4 Å². The molecule has 0 aliphatic carbocycles. The van der Waals surface area contributed by atoms with E-state index in [9.17, 15) is 5.21 Å². The van der Waals surface area contributed by atoms with Gasteiger partial charge in [0.25, 0.3) is 0 Å². The molecule has 0 bridgehead atoms. The van der Waals surface area contributed by atoms with Gasteiger partial charge in [-0.2, -0.15) is 0 Å². The van der Waals surface area contributed by atoms with Crippen LogP contribution in [-0.2, 0) is 6.42 Å². The van der Waals surface area contributed by atoms with E-state index in [4.69, 9.17) is 11.6 Å². The summed E-state index contributed by atoms with van der Waals surface area (Å²) >= 11 is 5.87. The summed E-state index contributed by atoms with van der Waals surface area (Å²) in [7, 11) is 3.99. The fourth-order valence-electron chi connectivity index (χ4n) is 2.18. The standard InChI is InChI=1S/C18H21ClN2O/c1-14(12-15-4-8-17(19)9-5-15)21(22)13-16-6-10-18(11-7-16)20(2)3/h4-11,13-14H,12H2,1-3H3/b21-13+. The highest BCUT2D eigenvalue weighted by molar-refractivity contribution is 6.30. The topological polar surface area (TPSA) is 29.3 Å². The lowest BCUT2D eigenvalue weighted by Gasteiger charge is -2.14. The van der Waals surface area contributed by atoms with Crippen LogP contribution in [0.25, 0.3) is 0 Å². The molecule has 1 atom stereocenters. The summed E-state index contributed by atoms with van der Waals surface area (Å²) in [5.41, 5.74) is 3.13. The third-order valence-corrected chi connectivity index (χ3v) is 3.82. The number of anilines is 1. The van der Waals surface area contributed by atoms with E-state index in [1.807, 2.05) is 74.4 Å². The largest absolute Gasteiger partial charge is 0.624 e. The van der Waals surface area contributed by atoms with Crippen LogP contribution in [-0.4, -0.2) is 31.1 Å². The number of halogens is 1. The highest BCUT2D eigenvalue weighted by Gasteiger charge is 2.10. The molecule has 0 saturated carbocycles. The first-order valence-corrected chi connectivity index (χ1v) is 7.65. The third kappa shape index (κ3) is 4.50. The third-order valence-electron chi connectivity index (χ3n) is 3.56. The molecule has 2 aromatic rings. The summed E-state index contributed by atoms with van der Waals surface area (Å²) in [5, 5.41) is 12.9. The van der Waals surface area contributed by atoms with E-state index in [2.05, 4.69) is 0 Å². The lowest BCUT2D eigenvalue weighted by Crippen LogP contribution is -2.21. The van der Waals surface area contributed by atoms with Crippen LogP contribution in [0, 0.1) is 5.21 Å². The van der Waals surface area contributed by atoms with Crippen molar-refractivity contribution >= 4 is 23.5 Å². The number of hydrogen-bond donors (Lipinski definition) is 0. The van der Waals surface area contributed by atoms with Crippen molar-refractivity contribution in [1.29, 1.82) is 0 Å². The number of benzene rings is 2. The number of hydroxylamine groups is 1. The first kappa shape index (κ1) is 16.4. The Balaban J connectivity index is 2.05. The minimum atomic E-state index is -0.130. The molecule has 3 nitrogen and oxygen atoms in total. The molecule has 2 aromatic carbocycles. The van der Waals surface area contributed by atoms with Crippen LogP contribution >= 0.6 is 11.6 Å². The lowest BCUT2D eigenvalue weighted by atomic mass is 10.1. The molecule has 1 unspecified atom stereocenters. The average molecular weight is 317 g/mol. The van der Waals surface area contributed by atoms with Crippen LogP contribution in [0.4, 0.5) is 5.69 Å². The lowest BCUT2D eigenvalue weighted by molar-refractivity contribution is -0.491. The van der Waals surface area contributed by atoms with Gasteiger partial charge in [-0.1, -0.05) is 23.7 Å². The van der Waals surface area contributed by atoms with Gasteiger partial charge in [0, 0.05) is 36.8 Å². The highest BCUT2D eigenvalue weighted by Crippen LogP contribution is 2.13. The Bertz CT molecular complexity index is 633. The molecule has 0 amide bonds. The van der Waals surface area contributed by atoms with Crippen molar-refractivity contribution in [3.05, 3.63) is 69.9 Å². The number of rotatable bonds is 5. The molecule has 0 radical (unpaired) electrons. The maximum absolute atomic E-state index is 12.2. The van der Waals surface area contributed by atoms with E-state index in [-0.39, 0.29) is 6.04 Å². The summed E-state index contributed by atoms with van der Waals surface area (Å²) in [6.45, 7) is 1.92. The van der Waals surface area contributed by atoms with E-state index in [0.29, 0.717) is 11.4 Å². The van der Waals surface area contributed by atoms with Gasteiger partial charge in [-0.05, 0) is 48.9 Å². The van der Waals surface area contributed by atoms with Crippen LogP contribution in [0.1, 0.15) is 18.1 Å². The predicted molar refractivity (Wildman–Crippen MR) is 94.2 cm³/mol. The van der Waals surface area contributed by atoms with Gasteiger partial charge in [0.2, 0.25) is 0 Å². The molecule has 0 spiro atoms. The van der Waals surface area contributed by atoms with Crippen molar-refractivity contribution < 1.29 is 4.74 Å². The minimum absolute atomic E-state index is 0.130. The zero-order chi connectivity index (χ0) is 16.1. The number of nitrogens with zero attached hydrogens (tertiary/aromatic N) is 2. The molecule has 0 N–H and O–H groups in total. The molecule has 0 heterocycles. The van der Waals surface area contributed by atoms with Gasteiger partial charge in [0.05, 0.1) is 0 Å². The molecule has 4 heteroatoms. The van der Waals surface area contributed by atoms with Gasteiger partial charge >= 0.3 is 0 Å². The minimum Gasteiger partial charge on any atom is -0.624 e. The van der Waals surface area contributed by atoms with Gasteiger partial charge in [0.15, 0.2) is 12.3 Å². The molecule has 0 saturated heterocycles. The van der Waals surface area contributed by atoms with Gasteiger partial charge < -0.3 is 10.1 Å². The van der Waals surface area contributed by atoms with Crippen LogP contribution in [0.15, 0.2) is 48.5 Å². The smallest absolute Gasteiger partial charge is 0.182 e. The van der Waals surface area contributed by atoms with Crippen LogP contribution in [0.5, 0.6) is 0 Å². The Kier molecular flexibility index (Phi) is 5.45. The molecular weight excluding hydrogens is 296 g/mol. The van der Waals surface area contributed by atoms with Gasteiger partial charge in [-0.25, -0.2) is 4.74 Å². The van der Waals surface area contributed by atoms with E-state index < -0.39 is 0 Å². The highest BCUT2D eigenvalue weighted by atomic mass is 35.5. The fourth-order valence-corrected chi connectivity index (χ4v) is 2.31. The van der Waals surface area contributed by atoms with Crippen LogP contribution in [0.3, 0.4) is 0 Å². The maximum atomic E-state index is 12.2. The van der Waals surface area contributed by atoms with Gasteiger partial charge in [0.1, 0.15) is 0 Å². The van der Waals surface area contributed by atoms with Crippen LogP contribution in [0.2, 0.25) is 5.02 Å².